The predicted molar refractivity (Wildman–Crippen MR) is 122 cm³/mol. The van der Waals surface area contributed by atoms with E-state index < -0.39 is 12.1 Å². The van der Waals surface area contributed by atoms with Crippen LogP contribution in [0, 0.1) is 0 Å². The monoisotopic (exact) mass is 428 g/mol. The highest BCUT2D eigenvalue weighted by atomic mass is 16.6. The molecule has 3 aromatic carbocycles. The van der Waals surface area contributed by atoms with Gasteiger partial charge in [0.2, 0.25) is 5.91 Å². The van der Waals surface area contributed by atoms with Gasteiger partial charge in [-0.25, -0.2) is 4.79 Å². The van der Waals surface area contributed by atoms with Crippen LogP contribution in [0.2, 0.25) is 0 Å². The van der Waals surface area contributed by atoms with E-state index in [0.717, 1.165) is 17.7 Å². The Kier molecular flexibility index (Phi) is 6.87. The zero-order valence-corrected chi connectivity index (χ0v) is 17.6. The van der Waals surface area contributed by atoms with Crippen LogP contribution in [0.25, 0.3) is 0 Å². The zero-order chi connectivity index (χ0) is 22.2. The van der Waals surface area contributed by atoms with Crippen LogP contribution < -0.4 is 5.32 Å². The van der Waals surface area contributed by atoms with E-state index in [4.69, 9.17) is 4.74 Å². The Bertz CT molecular complexity index is 1070. The zero-order valence-electron chi connectivity index (χ0n) is 17.6. The van der Waals surface area contributed by atoms with Crippen molar-refractivity contribution < 1.29 is 14.3 Å². The fourth-order valence-electron chi connectivity index (χ4n) is 3.51. The number of carbonyl (C=O) groups excluding carboxylic acids is 2. The normalized spacial score (nSPS) is 15.6. The van der Waals surface area contributed by atoms with Crippen LogP contribution in [0.3, 0.4) is 0 Å². The number of carbonyl (C=O) groups is 2. The summed E-state index contributed by atoms with van der Waals surface area (Å²) in [5, 5.41) is 11.3. The Morgan fingerprint density at radius 2 is 1.50 bits per heavy atom. The number of benzene rings is 3. The van der Waals surface area contributed by atoms with Crippen molar-refractivity contribution in [1.82, 2.24) is 4.90 Å². The van der Waals surface area contributed by atoms with E-state index in [2.05, 4.69) is 15.5 Å². The molecule has 1 heterocycles. The lowest BCUT2D eigenvalue weighted by atomic mass is 10.2. The van der Waals surface area contributed by atoms with Gasteiger partial charge in [-0.1, -0.05) is 48.5 Å². The molecule has 32 heavy (non-hydrogen) atoms. The van der Waals surface area contributed by atoms with E-state index in [1.54, 1.807) is 24.3 Å². The minimum Gasteiger partial charge on any atom is -0.445 e. The molecule has 0 spiro atoms. The average Bonchev–Trinajstić information content (AvgIpc) is 3.34. The van der Waals surface area contributed by atoms with Gasteiger partial charge in [0.05, 0.1) is 11.4 Å². The lowest BCUT2D eigenvalue weighted by Gasteiger charge is -2.23. The molecule has 0 radical (unpaired) electrons. The number of hydrogen-bond donors (Lipinski definition) is 1. The van der Waals surface area contributed by atoms with Gasteiger partial charge < -0.3 is 10.1 Å². The number of anilines is 1. The SMILES string of the molecule is O=C(Nc1ccc(N=Nc2ccccc2)cc1)[C@H]1CCCN1C(=O)OCc1ccccc1. The van der Waals surface area contributed by atoms with Gasteiger partial charge in [0.25, 0.3) is 0 Å². The molecule has 1 aliphatic heterocycles. The summed E-state index contributed by atoms with van der Waals surface area (Å²) < 4.78 is 5.41. The smallest absolute Gasteiger partial charge is 0.410 e. The number of rotatable bonds is 6. The molecule has 4 rings (SSSR count). The van der Waals surface area contributed by atoms with Crippen molar-refractivity contribution in [3.8, 4) is 0 Å². The highest BCUT2D eigenvalue weighted by Crippen LogP contribution is 2.23. The van der Waals surface area contributed by atoms with E-state index in [1.165, 1.54) is 4.90 Å². The van der Waals surface area contributed by atoms with Crippen LogP contribution in [0.4, 0.5) is 21.9 Å². The second-order valence-electron chi connectivity index (χ2n) is 7.46. The number of ether oxygens (including phenoxy) is 1. The number of nitrogens with zero attached hydrogens (tertiary/aromatic N) is 3. The van der Waals surface area contributed by atoms with E-state index in [-0.39, 0.29) is 12.5 Å². The summed E-state index contributed by atoms with van der Waals surface area (Å²) in [5.41, 5.74) is 2.99. The molecule has 1 aliphatic rings. The molecule has 162 valence electrons. The Hall–Kier alpha value is -4.00. The molecule has 2 amide bonds. The maximum Gasteiger partial charge on any atom is 0.410 e. The standard InChI is InChI=1S/C25H24N4O3/c30-24(23-12-7-17-29(23)25(31)32-18-19-8-3-1-4-9-19)26-20-13-15-22(16-14-20)28-27-21-10-5-2-6-11-21/h1-6,8-11,13-16,23H,7,12,17-18H2,(H,26,30)/t23-/m1/s1. The lowest BCUT2D eigenvalue weighted by molar-refractivity contribution is -0.120. The highest BCUT2D eigenvalue weighted by molar-refractivity contribution is 5.97. The van der Waals surface area contributed by atoms with E-state index in [9.17, 15) is 9.59 Å². The van der Waals surface area contributed by atoms with Gasteiger partial charge in [-0.15, -0.1) is 0 Å². The van der Waals surface area contributed by atoms with Gasteiger partial charge >= 0.3 is 6.09 Å². The summed E-state index contributed by atoms with van der Waals surface area (Å²) in [5.74, 6) is -0.224. The molecular formula is C25H24N4O3. The van der Waals surface area contributed by atoms with Crippen LogP contribution in [0.15, 0.2) is 95.2 Å². The van der Waals surface area contributed by atoms with Gasteiger partial charge in [0.1, 0.15) is 12.6 Å². The van der Waals surface area contributed by atoms with Gasteiger partial charge in [-0.3, -0.25) is 9.69 Å². The number of hydrogen-bond acceptors (Lipinski definition) is 5. The Morgan fingerprint density at radius 1 is 0.875 bits per heavy atom. The van der Waals surface area contributed by atoms with E-state index >= 15 is 0 Å². The first-order valence-electron chi connectivity index (χ1n) is 10.5. The number of likely N-dealkylation sites (tertiary alicyclic amines) is 1. The maximum atomic E-state index is 12.8. The van der Waals surface area contributed by atoms with Crippen LogP contribution in [-0.4, -0.2) is 29.5 Å². The molecule has 0 aromatic heterocycles. The van der Waals surface area contributed by atoms with Crippen molar-refractivity contribution in [3.63, 3.8) is 0 Å². The third kappa shape index (κ3) is 5.57. The molecule has 0 saturated carbocycles. The fourth-order valence-corrected chi connectivity index (χ4v) is 3.51. The molecule has 0 unspecified atom stereocenters. The summed E-state index contributed by atoms with van der Waals surface area (Å²) in [7, 11) is 0. The van der Waals surface area contributed by atoms with Crippen molar-refractivity contribution in [2.24, 2.45) is 10.2 Å². The van der Waals surface area contributed by atoms with E-state index in [0.29, 0.717) is 24.3 Å². The molecular weight excluding hydrogens is 404 g/mol. The van der Waals surface area contributed by atoms with Crippen LogP contribution in [-0.2, 0) is 16.1 Å². The van der Waals surface area contributed by atoms with Crippen molar-refractivity contribution >= 4 is 29.1 Å². The van der Waals surface area contributed by atoms with Crippen molar-refractivity contribution in [2.45, 2.75) is 25.5 Å². The minimum absolute atomic E-state index is 0.184. The molecule has 0 aliphatic carbocycles. The lowest BCUT2D eigenvalue weighted by Crippen LogP contribution is -2.43. The molecule has 3 aromatic rings. The third-order valence-corrected chi connectivity index (χ3v) is 5.17. The topological polar surface area (TPSA) is 83.4 Å². The summed E-state index contributed by atoms with van der Waals surface area (Å²) in [6.45, 7) is 0.689. The fraction of sp³-hybridized carbons (Fsp3) is 0.200. The molecule has 1 N–H and O–H groups in total. The molecule has 7 heteroatoms. The molecule has 1 fully saturated rings. The van der Waals surface area contributed by atoms with Crippen molar-refractivity contribution in [3.05, 3.63) is 90.5 Å². The van der Waals surface area contributed by atoms with Crippen LogP contribution >= 0.6 is 0 Å². The molecule has 1 saturated heterocycles. The van der Waals surface area contributed by atoms with E-state index in [1.807, 2.05) is 60.7 Å². The molecule has 7 nitrogen and oxygen atoms in total. The third-order valence-electron chi connectivity index (χ3n) is 5.17. The van der Waals surface area contributed by atoms with Crippen molar-refractivity contribution in [2.75, 3.05) is 11.9 Å². The van der Waals surface area contributed by atoms with Crippen LogP contribution in [0.1, 0.15) is 18.4 Å². The molecule has 1 atom stereocenters. The Morgan fingerprint density at radius 3 is 2.19 bits per heavy atom. The van der Waals surface area contributed by atoms with Crippen LogP contribution in [0.5, 0.6) is 0 Å². The summed E-state index contributed by atoms with van der Waals surface area (Å²) in [6.07, 6.45) is 0.899. The first kappa shape index (κ1) is 21.2. The summed E-state index contributed by atoms with van der Waals surface area (Å²) >= 11 is 0. The van der Waals surface area contributed by atoms with Crippen molar-refractivity contribution in [1.29, 1.82) is 0 Å². The average molecular weight is 428 g/mol. The maximum absolute atomic E-state index is 12.8. The molecule has 0 bridgehead atoms. The first-order valence-corrected chi connectivity index (χ1v) is 10.5. The number of azo groups is 1. The number of amides is 2. The Balaban J connectivity index is 1.32. The minimum atomic E-state index is -0.546. The second-order valence-corrected chi connectivity index (χ2v) is 7.46. The van der Waals surface area contributed by atoms with Gasteiger partial charge in [-0.05, 0) is 54.8 Å². The largest absolute Gasteiger partial charge is 0.445 e. The van der Waals surface area contributed by atoms with Gasteiger partial charge in [0.15, 0.2) is 0 Å². The predicted octanol–water partition coefficient (Wildman–Crippen LogP) is 5.84. The summed E-state index contributed by atoms with van der Waals surface area (Å²) in [6, 6.07) is 25.5. The quantitative estimate of drug-likeness (QED) is 0.501. The second kappa shape index (κ2) is 10.3. The van der Waals surface area contributed by atoms with Gasteiger partial charge in [0, 0.05) is 12.2 Å². The highest BCUT2D eigenvalue weighted by Gasteiger charge is 2.35. The first-order chi connectivity index (χ1) is 15.7. The summed E-state index contributed by atoms with van der Waals surface area (Å²) in [4.78, 5) is 26.8. The van der Waals surface area contributed by atoms with Gasteiger partial charge in [-0.2, -0.15) is 10.2 Å². The number of nitrogens with one attached hydrogen (secondary N) is 1. The Labute approximate surface area is 186 Å².